The summed E-state index contributed by atoms with van der Waals surface area (Å²) in [5.74, 6) is -1.88. The predicted octanol–water partition coefficient (Wildman–Crippen LogP) is 0.578. The molecular weight excluding hydrogens is 342 g/mol. The van der Waals surface area contributed by atoms with Gasteiger partial charge in [-0.3, -0.25) is 19.7 Å². The lowest BCUT2D eigenvalue weighted by molar-refractivity contribution is -0.157. The third-order valence-electron chi connectivity index (χ3n) is 3.19. The zero-order valence-corrected chi connectivity index (χ0v) is 14.9. The molecule has 0 aliphatic carbocycles. The van der Waals surface area contributed by atoms with Gasteiger partial charge in [-0.25, -0.2) is 4.79 Å². The third kappa shape index (κ3) is 6.80. The standard InChI is InChI=1S/C17H23N3O6/c1-4-25-12-7-5-11(6-8-12)15(22)19-9-13(21)26-14(10(2)3)16(23)20-17(18)24/h5-8,10,14H,4,9H2,1-3H3,(H,19,22)(H3,18,20,23,24)/t14-/m1/s1. The van der Waals surface area contributed by atoms with Crippen LogP contribution in [0.3, 0.4) is 0 Å². The highest BCUT2D eigenvalue weighted by molar-refractivity contribution is 5.98. The van der Waals surface area contributed by atoms with E-state index in [1.807, 2.05) is 12.2 Å². The van der Waals surface area contributed by atoms with Crippen LogP contribution >= 0.6 is 0 Å². The molecule has 0 bridgehead atoms. The molecule has 0 aliphatic rings. The first-order chi connectivity index (χ1) is 12.2. The molecule has 4 N–H and O–H groups in total. The fraction of sp³-hybridized carbons (Fsp3) is 0.412. The Morgan fingerprint density at radius 3 is 2.23 bits per heavy atom. The van der Waals surface area contributed by atoms with Crippen LogP contribution < -0.4 is 21.1 Å². The minimum Gasteiger partial charge on any atom is -0.494 e. The van der Waals surface area contributed by atoms with Crippen molar-refractivity contribution in [2.75, 3.05) is 13.2 Å². The van der Waals surface area contributed by atoms with Crippen LogP contribution in [0.5, 0.6) is 5.75 Å². The van der Waals surface area contributed by atoms with Gasteiger partial charge in [0.2, 0.25) is 0 Å². The van der Waals surface area contributed by atoms with Crippen LogP contribution in [0.2, 0.25) is 0 Å². The maximum absolute atomic E-state index is 12.0. The number of urea groups is 1. The van der Waals surface area contributed by atoms with Crippen molar-refractivity contribution in [3.8, 4) is 5.75 Å². The van der Waals surface area contributed by atoms with Crippen LogP contribution in [-0.4, -0.2) is 43.1 Å². The quantitative estimate of drug-likeness (QED) is 0.576. The van der Waals surface area contributed by atoms with Crippen molar-refractivity contribution in [3.05, 3.63) is 29.8 Å². The third-order valence-corrected chi connectivity index (χ3v) is 3.19. The van der Waals surface area contributed by atoms with Gasteiger partial charge in [0.1, 0.15) is 12.3 Å². The van der Waals surface area contributed by atoms with Gasteiger partial charge in [-0.2, -0.15) is 0 Å². The van der Waals surface area contributed by atoms with E-state index in [0.717, 1.165) is 0 Å². The minimum atomic E-state index is -1.20. The molecule has 4 amide bonds. The van der Waals surface area contributed by atoms with E-state index < -0.39 is 36.5 Å². The van der Waals surface area contributed by atoms with Gasteiger partial charge in [0.05, 0.1) is 6.61 Å². The zero-order valence-electron chi connectivity index (χ0n) is 14.9. The Hall–Kier alpha value is -3.10. The zero-order chi connectivity index (χ0) is 19.7. The van der Waals surface area contributed by atoms with E-state index in [1.165, 1.54) is 0 Å². The number of carbonyl (C=O) groups excluding carboxylic acids is 4. The second-order valence-electron chi connectivity index (χ2n) is 5.65. The Kier molecular flexibility index (Phi) is 8.07. The van der Waals surface area contributed by atoms with Crippen molar-refractivity contribution in [1.82, 2.24) is 10.6 Å². The second-order valence-corrected chi connectivity index (χ2v) is 5.65. The van der Waals surface area contributed by atoms with E-state index >= 15 is 0 Å². The Bertz CT molecular complexity index is 657. The summed E-state index contributed by atoms with van der Waals surface area (Å²) in [6.45, 7) is 5.20. The Morgan fingerprint density at radius 2 is 1.73 bits per heavy atom. The second kappa shape index (κ2) is 10.0. The number of hydrogen-bond donors (Lipinski definition) is 3. The molecule has 142 valence electrons. The molecule has 0 radical (unpaired) electrons. The minimum absolute atomic E-state index is 0.341. The van der Waals surface area contributed by atoms with E-state index in [-0.39, 0.29) is 5.92 Å². The number of hydrogen-bond acceptors (Lipinski definition) is 6. The highest BCUT2D eigenvalue weighted by Gasteiger charge is 2.27. The average Bonchev–Trinajstić information content (AvgIpc) is 2.57. The summed E-state index contributed by atoms with van der Waals surface area (Å²) in [7, 11) is 0. The first kappa shape index (κ1) is 20.9. The van der Waals surface area contributed by atoms with E-state index in [9.17, 15) is 19.2 Å². The van der Waals surface area contributed by atoms with Gasteiger partial charge in [-0.05, 0) is 37.1 Å². The molecule has 0 aromatic heterocycles. The number of nitrogens with one attached hydrogen (secondary N) is 2. The molecule has 26 heavy (non-hydrogen) atoms. The molecule has 0 heterocycles. The number of ether oxygens (including phenoxy) is 2. The molecule has 1 aromatic carbocycles. The van der Waals surface area contributed by atoms with Gasteiger partial charge >= 0.3 is 12.0 Å². The molecule has 0 saturated heterocycles. The average molecular weight is 365 g/mol. The van der Waals surface area contributed by atoms with Crippen LogP contribution in [-0.2, 0) is 14.3 Å². The van der Waals surface area contributed by atoms with Gasteiger partial charge in [-0.1, -0.05) is 13.8 Å². The number of esters is 1. The summed E-state index contributed by atoms with van der Waals surface area (Å²) in [4.78, 5) is 46.4. The molecule has 1 rings (SSSR count). The monoisotopic (exact) mass is 365 g/mol. The molecule has 0 aliphatic heterocycles. The van der Waals surface area contributed by atoms with Crippen LogP contribution in [0.15, 0.2) is 24.3 Å². The lowest BCUT2D eigenvalue weighted by atomic mass is 10.1. The van der Waals surface area contributed by atoms with Gasteiger partial charge in [-0.15, -0.1) is 0 Å². The maximum Gasteiger partial charge on any atom is 0.326 e. The summed E-state index contributed by atoms with van der Waals surface area (Å²) in [5.41, 5.74) is 5.22. The number of rotatable bonds is 8. The fourth-order valence-electron chi connectivity index (χ4n) is 1.99. The molecule has 9 heteroatoms. The number of nitrogens with two attached hydrogens (primary N) is 1. The molecule has 0 unspecified atom stereocenters. The van der Waals surface area contributed by atoms with Crippen molar-refractivity contribution in [2.45, 2.75) is 26.9 Å². The molecular formula is C17H23N3O6. The highest BCUT2D eigenvalue weighted by atomic mass is 16.5. The topological polar surface area (TPSA) is 137 Å². The predicted molar refractivity (Wildman–Crippen MR) is 92.4 cm³/mol. The number of imide groups is 1. The molecule has 0 fully saturated rings. The molecule has 1 aromatic rings. The Labute approximate surface area is 151 Å². The number of benzene rings is 1. The largest absolute Gasteiger partial charge is 0.494 e. The smallest absolute Gasteiger partial charge is 0.326 e. The molecule has 0 spiro atoms. The summed E-state index contributed by atoms with van der Waals surface area (Å²) < 4.78 is 10.3. The summed E-state index contributed by atoms with van der Waals surface area (Å²) in [5, 5.41) is 4.26. The van der Waals surface area contributed by atoms with Crippen LogP contribution in [0.25, 0.3) is 0 Å². The summed E-state index contributed by atoms with van der Waals surface area (Å²) in [6.07, 6.45) is -1.20. The highest BCUT2D eigenvalue weighted by Crippen LogP contribution is 2.12. The van der Waals surface area contributed by atoms with Gasteiger partial charge in [0.25, 0.3) is 11.8 Å². The molecule has 0 saturated carbocycles. The van der Waals surface area contributed by atoms with Gasteiger partial charge < -0.3 is 20.5 Å². The lowest BCUT2D eigenvalue weighted by Crippen LogP contribution is -2.46. The SMILES string of the molecule is CCOc1ccc(C(=O)NCC(=O)O[C@@H](C(=O)NC(N)=O)C(C)C)cc1. The normalized spacial score (nSPS) is 11.4. The lowest BCUT2D eigenvalue weighted by Gasteiger charge is -2.19. The van der Waals surface area contributed by atoms with E-state index in [2.05, 4.69) is 5.32 Å². The van der Waals surface area contributed by atoms with Crippen molar-refractivity contribution in [2.24, 2.45) is 11.7 Å². The summed E-state index contributed by atoms with van der Waals surface area (Å²) >= 11 is 0. The Balaban J connectivity index is 2.57. The van der Waals surface area contributed by atoms with Crippen molar-refractivity contribution in [1.29, 1.82) is 0 Å². The van der Waals surface area contributed by atoms with E-state index in [0.29, 0.717) is 17.9 Å². The van der Waals surface area contributed by atoms with Gasteiger partial charge in [0.15, 0.2) is 6.10 Å². The Morgan fingerprint density at radius 1 is 1.12 bits per heavy atom. The van der Waals surface area contributed by atoms with E-state index in [1.54, 1.807) is 38.1 Å². The number of amides is 4. The molecule has 9 nitrogen and oxygen atoms in total. The fourth-order valence-corrected chi connectivity index (χ4v) is 1.99. The van der Waals surface area contributed by atoms with Crippen LogP contribution in [0, 0.1) is 5.92 Å². The van der Waals surface area contributed by atoms with Gasteiger partial charge in [0, 0.05) is 5.56 Å². The van der Waals surface area contributed by atoms with Crippen molar-refractivity contribution < 1.29 is 28.7 Å². The van der Waals surface area contributed by atoms with Crippen LogP contribution in [0.4, 0.5) is 4.79 Å². The van der Waals surface area contributed by atoms with Crippen molar-refractivity contribution >= 4 is 23.8 Å². The first-order valence-corrected chi connectivity index (χ1v) is 8.05. The number of primary amides is 1. The maximum atomic E-state index is 12.0. The first-order valence-electron chi connectivity index (χ1n) is 8.05. The molecule has 1 atom stereocenters. The van der Waals surface area contributed by atoms with Crippen molar-refractivity contribution in [3.63, 3.8) is 0 Å². The van der Waals surface area contributed by atoms with E-state index in [4.69, 9.17) is 15.2 Å². The summed E-state index contributed by atoms with van der Waals surface area (Å²) in [6, 6.07) is 5.35. The van der Waals surface area contributed by atoms with Crippen LogP contribution in [0.1, 0.15) is 31.1 Å². The number of carbonyl (C=O) groups is 4.